The van der Waals surface area contributed by atoms with Crippen molar-refractivity contribution in [3.8, 4) is 0 Å². The van der Waals surface area contributed by atoms with Crippen molar-refractivity contribution in [3.63, 3.8) is 0 Å². The van der Waals surface area contributed by atoms with Gasteiger partial charge in [0.15, 0.2) is 0 Å². The number of hydrogen-bond donors (Lipinski definition) is 1. The van der Waals surface area contributed by atoms with E-state index in [1.807, 2.05) is 43.9 Å². The van der Waals surface area contributed by atoms with Crippen molar-refractivity contribution in [1.82, 2.24) is 9.88 Å². The van der Waals surface area contributed by atoms with Gasteiger partial charge in [0.1, 0.15) is 5.60 Å². The van der Waals surface area contributed by atoms with Gasteiger partial charge in [-0.2, -0.15) is 0 Å². The first kappa shape index (κ1) is 14.0. The van der Waals surface area contributed by atoms with Crippen LogP contribution in [0.2, 0.25) is 0 Å². The number of likely N-dealkylation sites (tertiary alicyclic amines) is 1. The number of nitrogens with zero attached hydrogens (tertiary/aromatic N) is 2. The van der Waals surface area contributed by atoms with E-state index in [9.17, 15) is 9.90 Å². The van der Waals surface area contributed by atoms with Crippen molar-refractivity contribution in [2.75, 3.05) is 13.1 Å². The lowest BCUT2D eigenvalue weighted by Gasteiger charge is -2.40. The Bertz CT molecular complexity index is 443. The molecule has 2 heterocycles. The minimum absolute atomic E-state index is 0.149. The predicted molar refractivity (Wildman–Crippen MR) is 73.4 cm³/mol. The molecule has 1 saturated heterocycles. The molecule has 1 aliphatic heterocycles. The minimum Gasteiger partial charge on any atom is -0.383 e. The first-order chi connectivity index (χ1) is 8.83. The molecule has 19 heavy (non-hydrogen) atoms. The van der Waals surface area contributed by atoms with E-state index in [2.05, 4.69) is 4.98 Å². The molecule has 1 N–H and O–H groups in total. The van der Waals surface area contributed by atoms with Crippen LogP contribution in [-0.2, 0) is 10.4 Å². The van der Waals surface area contributed by atoms with E-state index in [0.29, 0.717) is 31.6 Å². The third-order valence-electron chi connectivity index (χ3n) is 3.66. The molecule has 1 aromatic rings. The molecule has 2 rings (SSSR count). The summed E-state index contributed by atoms with van der Waals surface area (Å²) in [6, 6.07) is 5.57. The van der Waals surface area contributed by atoms with Crippen LogP contribution in [0, 0.1) is 5.41 Å². The Morgan fingerprint density at radius 3 is 2.42 bits per heavy atom. The van der Waals surface area contributed by atoms with Crippen LogP contribution in [-0.4, -0.2) is 34.0 Å². The van der Waals surface area contributed by atoms with Gasteiger partial charge in [-0.1, -0.05) is 26.8 Å². The first-order valence-corrected chi connectivity index (χ1v) is 6.76. The number of piperidine rings is 1. The van der Waals surface area contributed by atoms with E-state index >= 15 is 0 Å². The highest BCUT2D eigenvalue weighted by Crippen LogP contribution is 2.32. The molecule has 4 nitrogen and oxygen atoms in total. The minimum atomic E-state index is -0.893. The standard InChI is InChI=1S/C15H22N2O2/c1-14(2,3)13(18)17-10-7-15(19,8-11-17)12-6-4-5-9-16-12/h4-6,9,19H,7-8,10-11H2,1-3H3. The van der Waals surface area contributed by atoms with E-state index in [0.717, 1.165) is 0 Å². The summed E-state index contributed by atoms with van der Waals surface area (Å²) in [6.07, 6.45) is 2.79. The number of amides is 1. The fourth-order valence-corrected chi connectivity index (χ4v) is 2.45. The van der Waals surface area contributed by atoms with Crippen LogP contribution in [0.15, 0.2) is 24.4 Å². The molecular formula is C15H22N2O2. The second kappa shape index (κ2) is 4.93. The van der Waals surface area contributed by atoms with Crippen molar-refractivity contribution in [1.29, 1.82) is 0 Å². The lowest BCUT2D eigenvalue weighted by Crippen LogP contribution is -2.48. The van der Waals surface area contributed by atoms with Gasteiger partial charge in [-0.15, -0.1) is 0 Å². The van der Waals surface area contributed by atoms with Crippen molar-refractivity contribution in [2.24, 2.45) is 5.41 Å². The highest BCUT2D eigenvalue weighted by atomic mass is 16.3. The SMILES string of the molecule is CC(C)(C)C(=O)N1CCC(O)(c2ccccn2)CC1. The van der Waals surface area contributed by atoms with Gasteiger partial charge in [-0.25, -0.2) is 0 Å². The molecule has 0 aromatic carbocycles. The van der Waals surface area contributed by atoms with Gasteiger partial charge in [0.2, 0.25) is 5.91 Å². The Kier molecular flexibility index (Phi) is 3.63. The number of aliphatic hydroxyl groups is 1. The first-order valence-electron chi connectivity index (χ1n) is 6.76. The lowest BCUT2D eigenvalue weighted by molar-refractivity contribution is -0.144. The lowest BCUT2D eigenvalue weighted by atomic mass is 9.86. The average molecular weight is 262 g/mol. The highest BCUT2D eigenvalue weighted by molar-refractivity contribution is 5.81. The van der Waals surface area contributed by atoms with Crippen LogP contribution in [0.3, 0.4) is 0 Å². The van der Waals surface area contributed by atoms with E-state index in [1.165, 1.54) is 0 Å². The summed E-state index contributed by atoms with van der Waals surface area (Å²) in [4.78, 5) is 18.3. The zero-order valence-electron chi connectivity index (χ0n) is 11.9. The van der Waals surface area contributed by atoms with Gasteiger partial charge in [0.05, 0.1) is 5.69 Å². The maximum absolute atomic E-state index is 12.2. The molecule has 1 amide bonds. The number of carbonyl (C=O) groups is 1. The zero-order valence-corrected chi connectivity index (χ0v) is 11.9. The third kappa shape index (κ3) is 2.95. The molecule has 1 fully saturated rings. The molecule has 104 valence electrons. The largest absolute Gasteiger partial charge is 0.383 e. The smallest absolute Gasteiger partial charge is 0.227 e. The van der Waals surface area contributed by atoms with Crippen LogP contribution < -0.4 is 0 Å². The molecular weight excluding hydrogens is 240 g/mol. The Morgan fingerprint density at radius 2 is 1.95 bits per heavy atom. The molecule has 0 atom stereocenters. The molecule has 0 unspecified atom stereocenters. The number of pyridine rings is 1. The van der Waals surface area contributed by atoms with Crippen molar-refractivity contribution >= 4 is 5.91 Å². The molecule has 1 aliphatic rings. The van der Waals surface area contributed by atoms with Crippen LogP contribution in [0.4, 0.5) is 0 Å². The highest BCUT2D eigenvalue weighted by Gasteiger charge is 2.38. The maximum Gasteiger partial charge on any atom is 0.227 e. The van der Waals surface area contributed by atoms with Crippen molar-refractivity contribution in [3.05, 3.63) is 30.1 Å². The summed E-state index contributed by atoms with van der Waals surface area (Å²) in [5.41, 5.74) is -0.547. The number of carbonyl (C=O) groups excluding carboxylic acids is 1. The zero-order chi connectivity index (χ0) is 14.1. The molecule has 0 spiro atoms. The Labute approximate surface area is 114 Å². The van der Waals surface area contributed by atoms with Gasteiger partial charge >= 0.3 is 0 Å². The van der Waals surface area contributed by atoms with Crippen molar-refractivity contribution in [2.45, 2.75) is 39.2 Å². The summed E-state index contributed by atoms with van der Waals surface area (Å²) in [6.45, 7) is 6.95. The molecule has 1 aromatic heterocycles. The average Bonchev–Trinajstić information content (AvgIpc) is 2.39. The van der Waals surface area contributed by atoms with E-state index in [1.54, 1.807) is 6.20 Å². The fourth-order valence-electron chi connectivity index (χ4n) is 2.45. The summed E-state index contributed by atoms with van der Waals surface area (Å²) in [7, 11) is 0. The Hall–Kier alpha value is -1.42. The van der Waals surface area contributed by atoms with Gasteiger partial charge in [0.25, 0.3) is 0 Å². The number of hydrogen-bond acceptors (Lipinski definition) is 3. The molecule has 0 aliphatic carbocycles. The second-order valence-electron chi connectivity index (χ2n) is 6.29. The maximum atomic E-state index is 12.2. The summed E-state index contributed by atoms with van der Waals surface area (Å²) in [5.74, 6) is 0.149. The summed E-state index contributed by atoms with van der Waals surface area (Å²) >= 11 is 0. The predicted octanol–water partition coefficient (Wildman–Crippen LogP) is 1.94. The second-order valence-corrected chi connectivity index (χ2v) is 6.29. The third-order valence-corrected chi connectivity index (χ3v) is 3.66. The van der Waals surface area contributed by atoms with Crippen LogP contribution >= 0.6 is 0 Å². The van der Waals surface area contributed by atoms with Crippen LogP contribution in [0.1, 0.15) is 39.3 Å². The molecule has 4 heteroatoms. The van der Waals surface area contributed by atoms with E-state index in [-0.39, 0.29) is 11.3 Å². The van der Waals surface area contributed by atoms with Crippen LogP contribution in [0.5, 0.6) is 0 Å². The van der Waals surface area contributed by atoms with Gasteiger partial charge in [0, 0.05) is 24.7 Å². The fraction of sp³-hybridized carbons (Fsp3) is 0.600. The molecule has 0 saturated carbocycles. The monoisotopic (exact) mass is 262 g/mol. The molecule has 0 bridgehead atoms. The van der Waals surface area contributed by atoms with Crippen molar-refractivity contribution < 1.29 is 9.90 Å². The normalized spacial score (nSPS) is 19.3. The topological polar surface area (TPSA) is 53.4 Å². The van der Waals surface area contributed by atoms with E-state index < -0.39 is 5.60 Å². The van der Waals surface area contributed by atoms with Gasteiger partial charge in [-0.05, 0) is 25.0 Å². The number of rotatable bonds is 1. The van der Waals surface area contributed by atoms with E-state index in [4.69, 9.17) is 0 Å². The van der Waals surface area contributed by atoms with Crippen LogP contribution in [0.25, 0.3) is 0 Å². The van der Waals surface area contributed by atoms with Gasteiger partial charge < -0.3 is 10.0 Å². The Morgan fingerprint density at radius 1 is 1.32 bits per heavy atom. The summed E-state index contributed by atoms with van der Waals surface area (Å²) < 4.78 is 0. The van der Waals surface area contributed by atoms with Gasteiger partial charge in [-0.3, -0.25) is 9.78 Å². The Balaban J connectivity index is 2.05. The summed E-state index contributed by atoms with van der Waals surface area (Å²) in [5, 5.41) is 10.6. The quantitative estimate of drug-likeness (QED) is 0.841. The molecule has 0 radical (unpaired) electrons. The number of aromatic nitrogens is 1.